The number of aromatic nitrogens is 1. The van der Waals surface area contributed by atoms with Crippen LogP contribution in [-0.4, -0.2) is 36.1 Å². The van der Waals surface area contributed by atoms with E-state index in [9.17, 15) is 9.59 Å². The number of carbonyl (C=O) groups excluding carboxylic acids is 2. The summed E-state index contributed by atoms with van der Waals surface area (Å²) in [5.74, 6) is -0.119. The van der Waals surface area contributed by atoms with Crippen molar-refractivity contribution in [3.8, 4) is 0 Å². The van der Waals surface area contributed by atoms with E-state index >= 15 is 0 Å². The topological polar surface area (TPSA) is 83.1 Å². The van der Waals surface area contributed by atoms with E-state index in [2.05, 4.69) is 16.0 Å². The molecule has 0 unspecified atom stereocenters. The molecule has 0 saturated carbocycles. The number of nitrogens with one attached hydrogen (secondary N) is 3. The van der Waals surface area contributed by atoms with Crippen LogP contribution >= 0.6 is 11.3 Å². The molecular formula is C14H20N4O2S. The van der Waals surface area contributed by atoms with Crippen molar-refractivity contribution in [1.29, 1.82) is 0 Å². The number of thiazole rings is 1. The van der Waals surface area contributed by atoms with Crippen molar-refractivity contribution in [3.63, 3.8) is 0 Å². The van der Waals surface area contributed by atoms with Crippen LogP contribution in [0.3, 0.4) is 0 Å². The first-order valence-electron chi connectivity index (χ1n) is 7.52. The number of nitrogens with zero attached hydrogens (tertiary/aromatic N) is 1. The quantitative estimate of drug-likeness (QED) is 0.702. The standard InChI is InChI=1S/C14H20N4O2S/c19-13(10-8-16-14(20)18-10)15-7-3-6-12-17-9-4-1-2-5-11(9)21-12/h10H,1-8H2,(H,15,19)(H2,16,18,20)/t10-/m0/s1. The molecule has 1 aromatic heterocycles. The molecule has 3 rings (SSSR count). The van der Waals surface area contributed by atoms with Crippen molar-refractivity contribution >= 4 is 23.3 Å². The Morgan fingerprint density at radius 2 is 2.24 bits per heavy atom. The summed E-state index contributed by atoms with van der Waals surface area (Å²) in [4.78, 5) is 28.9. The largest absolute Gasteiger partial charge is 0.354 e. The van der Waals surface area contributed by atoms with E-state index in [1.54, 1.807) is 0 Å². The summed E-state index contributed by atoms with van der Waals surface area (Å²) >= 11 is 1.83. The van der Waals surface area contributed by atoms with Crippen molar-refractivity contribution in [3.05, 3.63) is 15.6 Å². The van der Waals surface area contributed by atoms with Gasteiger partial charge in [0.15, 0.2) is 0 Å². The SMILES string of the molecule is O=C1NC[C@@H](C(=O)NCCCc2nc3c(s2)CCCC3)N1. The Kier molecular flexibility index (Phi) is 4.38. The van der Waals surface area contributed by atoms with Gasteiger partial charge in [0.1, 0.15) is 6.04 Å². The number of urea groups is 1. The zero-order chi connectivity index (χ0) is 14.7. The fourth-order valence-electron chi connectivity index (χ4n) is 2.70. The highest BCUT2D eigenvalue weighted by Crippen LogP contribution is 2.27. The zero-order valence-corrected chi connectivity index (χ0v) is 12.7. The molecule has 2 aliphatic rings. The fraction of sp³-hybridized carbons (Fsp3) is 0.643. The van der Waals surface area contributed by atoms with Gasteiger partial charge in [-0.05, 0) is 32.1 Å². The fourth-order valence-corrected chi connectivity index (χ4v) is 3.90. The third-order valence-corrected chi connectivity index (χ3v) is 5.06. The average molecular weight is 308 g/mol. The molecule has 1 aliphatic carbocycles. The number of aryl methyl sites for hydroxylation is 3. The van der Waals surface area contributed by atoms with Gasteiger partial charge < -0.3 is 16.0 Å². The summed E-state index contributed by atoms with van der Waals surface area (Å²) in [7, 11) is 0. The van der Waals surface area contributed by atoms with Crippen LogP contribution in [0.25, 0.3) is 0 Å². The zero-order valence-electron chi connectivity index (χ0n) is 11.9. The molecule has 0 radical (unpaired) electrons. The smallest absolute Gasteiger partial charge is 0.315 e. The summed E-state index contributed by atoms with van der Waals surface area (Å²) < 4.78 is 0. The molecular weight excluding hydrogens is 288 g/mol. The maximum Gasteiger partial charge on any atom is 0.315 e. The van der Waals surface area contributed by atoms with Crippen LogP contribution in [0.15, 0.2) is 0 Å². The van der Waals surface area contributed by atoms with Crippen molar-refractivity contribution < 1.29 is 9.59 Å². The second-order valence-electron chi connectivity index (χ2n) is 5.49. The van der Waals surface area contributed by atoms with E-state index in [0.717, 1.165) is 19.3 Å². The second-order valence-corrected chi connectivity index (χ2v) is 6.65. The molecule has 2 heterocycles. The van der Waals surface area contributed by atoms with Gasteiger partial charge in [-0.3, -0.25) is 4.79 Å². The minimum absolute atomic E-state index is 0.119. The number of rotatable bonds is 5. The number of carbonyl (C=O) groups is 2. The number of fused-ring (bicyclic) bond motifs is 1. The van der Waals surface area contributed by atoms with Gasteiger partial charge in [-0.25, -0.2) is 9.78 Å². The van der Waals surface area contributed by atoms with Crippen LogP contribution in [-0.2, 0) is 24.1 Å². The van der Waals surface area contributed by atoms with E-state index in [-0.39, 0.29) is 11.9 Å². The molecule has 1 atom stereocenters. The van der Waals surface area contributed by atoms with Crippen LogP contribution in [0.4, 0.5) is 4.79 Å². The Morgan fingerprint density at radius 1 is 1.38 bits per heavy atom. The number of amides is 3. The third-order valence-electron chi connectivity index (χ3n) is 3.85. The van der Waals surface area contributed by atoms with Crippen LogP contribution in [0, 0.1) is 0 Å². The lowest BCUT2D eigenvalue weighted by Gasteiger charge is -2.09. The summed E-state index contributed by atoms with van der Waals surface area (Å²) in [5, 5.41) is 9.20. The summed E-state index contributed by atoms with van der Waals surface area (Å²) in [5.41, 5.74) is 1.30. The molecule has 7 heteroatoms. The van der Waals surface area contributed by atoms with Crippen LogP contribution in [0.1, 0.15) is 34.8 Å². The van der Waals surface area contributed by atoms with Crippen molar-refractivity contribution in [2.75, 3.05) is 13.1 Å². The molecule has 1 aliphatic heterocycles. The van der Waals surface area contributed by atoms with Gasteiger partial charge in [0.05, 0.1) is 10.7 Å². The molecule has 114 valence electrons. The highest BCUT2D eigenvalue weighted by atomic mass is 32.1. The first-order valence-corrected chi connectivity index (χ1v) is 8.33. The Bertz CT molecular complexity index is 520. The second kappa shape index (κ2) is 6.43. The third kappa shape index (κ3) is 3.53. The highest BCUT2D eigenvalue weighted by molar-refractivity contribution is 7.11. The predicted octanol–water partition coefficient (Wildman–Crippen LogP) is 0.752. The monoisotopic (exact) mass is 308 g/mol. The maximum absolute atomic E-state index is 11.8. The van der Waals surface area contributed by atoms with Crippen molar-refractivity contribution in [1.82, 2.24) is 20.9 Å². The Morgan fingerprint density at radius 3 is 3.00 bits per heavy atom. The molecule has 0 aromatic carbocycles. The van der Waals surface area contributed by atoms with Gasteiger partial charge in [0, 0.05) is 24.4 Å². The normalized spacial score (nSPS) is 20.6. The van der Waals surface area contributed by atoms with Crippen LogP contribution in [0.2, 0.25) is 0 Å². The maximum atomic E-state index is 11.8. The Balaban J connectivity index is 1.39. The van der Waals surface area contributed by atoms with Gasteiger partial charge in [-0.15, -0.1) is 11.3 Å². The van der Waals surface area contributed by atoms with E-state index < -0.39 is 6.04 Å². The first kappa shape index (κ1) is 14.3. The minimum Gasteiger partial charge on any atom is -0.354 e. The average Bonchev–Trinajstić information content (AvgIpc) is 3.09. The predicted molar refractivity (Wildman–Crippen MR) is 80.4 cm³/mol. The van der Waals surface area contributed by atoms with E-state index in [4.69, 9.17) is 4.98 Å². The molecule has 1 saturated heterocycles. The number of hydrogen-bond donors (Lipinski definition) is 3. The molecule has 0 bridgehead atoms. The van der Waals surface area contributed by atoms with E-state index in [1.807, 2.05) is 11.3 Å². The minimum atomic E-state index is -0.440. The molecule has 1 aromatic rings. The molecule has 6 nitrogen and oxygen atoms in total. The lowest BCUT2D eigenvalue weighted by Crippen LogP contribution is -2.43. The van der Waals surface area contributed by atoms with Gasteiger partial charge in [0.2, 0.25) is 5.91 Å². The van der Waals surface area contributed by atoms with E-state index in [1.165, 1.54) is 34.8 Å². The molecule has 1 fully saturated rings. The van der Waals surface area contributed by atoms with Crippen LogP contribution in [0.5, 0.6) is 0 Å². The molecule has 0 spiro atoms. The number of hydrogen-bond acceptors (Lipinski definition) is 4. The Hall–Kier alpha value is -1.63. The van der Waals surface area contributed by atoms with Gasteiger partial charge in [-0.1, -0.05) is 0 Å². The summed E-state index contributed by atoms with van der Waals surface area (Å²) in [6, 6.07) is -0.715. The molecule has 21 heavy (non-hydrogen) atoms. The molecule has 3 amide bonds. The van der Waals surface area contributed by atoms with Gasteiger partial charge >= 0.3 is 6.03 Å². The highest BCUT2D eigenvalue weighted by Gasteiger charge is 2.26. The van der Waals surface area contributed by atoms with E-state index in [0.29, 0.717) is 13.1 Å². The summed E-state index contributed by atoms with van der Waals surface area (Å²) in [6.07, 6.45) is 6.63. The van der Waals surface area contributed by atoms with Crippen molar-refractivity contribution in [2.24, 2.45) is 0 Å². The Labute approximate surface area is 127 Å². The lowest BCUT2D eigenvalue weighted by molar-refractivity contribution is -0.122. The lowest BCUT2D eigenvalue weighted by atomic mass is 10.0. The van der Waals surface area contributed by atoms with Crippen molar-refractivity contribution in [2.45, 2.75) is 44.6 Å². The summed E-state index contributed by atoms with van der Waals surface area (Å²) in [6.45, 7) is 0.985. The van der Waals surface area contributed by atoms with Gasteiger partial charge in [0.25, 0.3) is 0 Å². The molecule has 3 N–H and O–H groups in total. The van der Waals surface area contributed by atoms with Crippen LogP contribution < -0.4 is 16.0 Å². The van der Waals surface area contributed by atoms with Gasteiger partial charge in [-0.2, -0.15) is 0 Å². The first-order chi connectivity index (χ1) is 10.2.